The first kappa shape index (κ1) is 22.3. The second-order valence-electron chi connectivity index (χ2n) is 5.03. The van der Waals surface area contributed by atoms with Crippen LogP contribution in [-0.4, -0.2) is 44.0 Å². The average Bonchev–Trinajstić information content (AvgIpc) is 2.64. The third-order valence-electron chi connectivity index (χ3n) is 3.12. The summed E-state index contributed by atoms with van der Waals surface area (Å²) >= 11 is 0. The molecule has 2 heterocycles. The smallest absolute Gasteiger partial charge is 0.242 e. The lowest BCUT2D eigenvalue weighted by molar-refractivity contribution is 0.580. The number of pyridine rings is 2. The van der Waals surface area contributed by atoms with E-state index in [9.17, 15) is 8.42 Å². The molecule has 0 aliphatic rings. The van der Waals surface area contributed by atoms with Crippen LogP contribution < -0.4 is 15.4 Å². The maximum absolute atomic E-state index is 12.1. The molecule has 0 aliphatic heterocycles. The summed E-state index contributed by atoms with van der Waals surface area (Å²) in [6.07, 6.45) is 4.56. The third-order valence-corrected chi connectivity index (χ3v) is 4.57. The van der Waals surface area contributed by atoms with Crippen molar-refractivity contribution in [2.24, 2.45) is 4.99 Å². The molecule has 0 unspecified atom stereocenters. The van der Waals surface area contributed by atoms with Crippen LogP contribution >= 0.6 is 24.0 Å². The predicted octanol–water partition coefficient (Wildman–Crippen LogP) is 1.13. The van der Waals surface area contributed by atoms with E-state index in [2.05, 4.69) is 30.3 Å². The average molecular weight is 490 g/mol. The van der Waals surface area contributed by atoms with Crippen LogP contribution in [0, 0.1) is 0 Å². The Bertz CT molecular complexity index is 772. The van der Waals surface area contributed by atoms with E-state index < -0.39 is 10.0 Å². The van der Waals surface area contributed by atoms with Crippen LogP contribution in [0.1, 0.15) is 12.6 Å². The summed E-state index contributed by atoms with van der Waals surface area (Å²) in [6.45, 7) is 3.73. The minimum absolute atomic E-state index is 0. The molecule has 2 rings (SSSR count). The summed E-state index contributed by atoms with van der Waals surface area (Å²) in [7, 11) is -3.55. The molecule has 142 valence electrons. The maximum Gasteiger partial charge on any atom is 0.242 e. The number of nitrogens with one attached hydrogen (secondary N) is 3. The van der Waals surface area contributed by atoms with Gasteiger partial charge >= 0.3 is 0 Å². The minimum atomic E-state index is -3.55. The van der Waals surface area contributed by atoms with Gasteiger partial charge in [0.25, 0.3) is 0 Å². The second-order valence-corrected chi connectivity index (χ2v) is 6.80. The lowest BCUT2D eigenvalue weighted by Gasteiger charge is -2.12. The van der Waals surface area contributed by atoms with E-state index in [0.29, 0.717) is 25.6 Å². The van der Waals surface area contributed by atoms with Crippen molar-refractivity contribution in [2.75, 3.05) is 19.6 Å². The van der Waals surface area contributed by atoms with Crippen LogP contribution in [0.3, 0.4) is 0 Å². The molecule has 0 aliphatic carbocycles. The second kappa shape index (κ2) is 11.8. The Kier molecular flexibility index (Phi) is 10.1. The Balaban J connectivity index is 0.00000338. The first-order chi connectivity index (χ1) is 12.1. The van der Waals surface area contributed by atoms with E-state index in [1.165, 1.54) is 18.5 Å². The van der Waals surface area contributed by atoms with E-state index in [1.807, 2.05) is 25.1 Å². The van der Waals surface area contributed by atoms with Crippen LogP contribution in [0.5, 0.6) is 0 Å². The molecule has 2 aromatic heterocycles. The van der Waals surface area contributed by atoms with E-state index >= 15 is 0 Å². The summed E-state index contributed by atoms with van der Waals surface area (Å²) in [4.78, 5) is 12.6. The number of aliphatic imine (C=N–C) groups is 1. The van der Waals surface area contributed by atoms with Crippen molar-refractivity contribution in [1.82, 2.24) is 25.3 Å². The highest BCUT2D eigenvalue weighted by Crippen LogP contribution is 2.04. The van der Waals surface area contributed by atoms with Gasteiger partial charge in [0.2, 0.25) is 10.0 Å². The molecule has 0 radical (unpaired) electrons. The molecule has 10 heteroatoms. The standard InChI is InChI=1S/C16H22N6O2S.HI/c1-2-18-16(21-12-14-6-3-4-9-19-14)20-10-11-22-25(23,24)15-7-5-8-17-13-15;/h3-9,13,22H,2,10-12H2,1H3,(H2,18,20,21);1H. The summed E-state index contributed by atoms with van der Waals surface area (Å²) in [5, 5.41) is 6.19. The zero-order valence-electron chi connectivity index (χ0n) is 14.4. The molecule has 3 N–H and O–H groups in total. The lowest BCUT2D eigenvalue weighted by Crippen LogP contribution is -2.41. The summed E-state index contributed by atoms with van der Waals surface area (Å²) in [5.41, 5.74) is 0.858. The molecule has 0 bridgehead atoms. The first-order valence-electron chi connectivity index (χ1n) is 7.93. The molecule has 0 amide bonds. The monoisotopic (exact) mass is 490 g/mol. The van der Waals surface area contributed by atoms with Gasteiger partial charge in [-0.2, -0.15) is 0 Å². The molecule has 26 heavy (non-hydrogen) atoms. The SMILES string of the molecule is CCNC(=NCc1ccccn1)NCCNS(=O)(=O)c1cccnc1.I. The maximum atomic E-state index is 12.1. The Morgan fingerprint density at radius 1 is 1.12 bits per heavy atom. The van der Waals surface area contributed by atoms with Crippen LogP contribution in [0.15, 0.2) is 58.8 Å². The van der Waals surface area contributed by atoms with Crippen molar-refractivity contribution in [3.63, 3.8) is 0 Å². The summed E-state index contributed by atoms with van der Waals surface area (Å²) < 4.78 is 26.7. The molecule has 0 saturated heterocycles. The normalized spacial score (nSPS) is 11.5. The lowest BCUT2D eigenvalue weighted by atomic mass is 10.3. The highest BCUT2D eigenvalue weighted by Gasteiger charge is 2.12. The number of rotatable bonds is 8. The fourth-order valence-electron chi connectivity index (χ4n) is 1.95. The van der Waals surface area contributed by atoms with E-state index in [0.717, 1.165) is 5.69 Å². The molecule has 0 fully saturated rings. The summed E-state index contributed by atoms with van der Waals surface area (Å²) in [5.74, 6) is 0.605. The Morgan fingerprint density at radius 2 is 1.96 bits per heavy atom. The van der Waals surface area contributed by atoms with Crippen molar-refractivity contribution in [2.45, 2.75) is 18.4 Å². The summed E-state index contributed by atoms with van der Waals surface area (Å²) in [6, 6.07) is 8.74. The fourth-order valence-corrected chi connectivity index (χ4v) is 2.94. The molecule has 0 atom stereocenters. The van der Waals surface area contributed by atoms with Gasteiger partial charge in [-0.25, -0.2) is 18.1 Å². The van der Waals surface area contributed by atoms with Gasteiger partial charge in [0, 0.05) is 38.2 Å². The molecule has 8 nitrogen and oxygen atoms in total. The Labute approximate surface area is 171 Å². The number of nitrogens with zero attached hydrogens (tertiary/aromatic N) is 3. The number of guanidine groups is 1. The largest absolute Gasteiger partial charge is 0.357 e. The van der Waals surface area contributed by atoms with Crippen molar-refractivity contribution in [3.8, 4) is 0 Å². The van der Waals surface area contributed by atoms with Gasteiger partial charge in [-0.15, -0.1) is 24.0 Å². The number of aromatic nitrogens is 2. The number of halogens is 1. The van der Waals surface area contributed by atoms with Gasteiger partial charge in [0.05, 0.1) is 12.2 Å². The van der Waals surface area contributed by atoms with Gasteiger partial charge in [-0.1, -0.05) is 6.07 Å². The molecule has 2 aromatic rings. The van der Waals surface area contributed by atoms with Crippen molar-refractivity contribution >= 4 is 40.0 Å². The van der Waals surface area contributed by atoms with Gasteiger partial charge in [0.15, 0.2) is 5.96 Å². The zero-order chi connectivity index (χ0) is 18.0. The molecular formula is C16H23IN6O2S. The topological polar surface area (TPSA) is 108 Å². The molecule has 0 saturated carbocycles. The number of hydrogen-bond acceptors (Lipinski definition) is 5. The van der Waals surface area contributed by atoms with E-state index in [-0.39, 0.29) is 35.4 Å². The number of sulfonamides is 1. The Hall–Kier alpha value is -1.79. The first-order valence-corrected chi connectivity index (χ1v) is 9.42. The van der Waals surface area contributed by atoms with Gasteiger partial charge < -0.3 is 10.6 Å². The number of hydrogen-bond donors (Lipinski definition) is 3. The highest BCUT2D eigenvalue weighted by atomic mass is 127. The third kappa shape index (κ3) is 7.62. The fraction of sp³-hybridized carbons (Fsp3) is 0.312. The predicted molar refractivity (Wildman–Crippen MR) is 112 cm³/mol. The van der Waals surface area contributed by atoms with Gasteiger partial charge in [-0.3, -0.25) is 9.97 Å². The van der Waals surface area contributed by atoms with Crippen LogP contribution in [0.2, 0.25) is 0 Å². The van der Waals surface area contributed by atoms with E-state index in [1.54, 1.807) is 12.3 Å². The zero-order valence-corrected chi connectivity index (χ0v) is 17.6. The van der Waals surface area contributed by atoms with Crippen LogP contribution in [-0.2, 0) is 16.6 Å². The Morgan fingerprint density at radius 3 is 2.62 bits per heavy atom. The van der Waals surface area contributed by atoms with E-state index in [4.69, 9.17) is 0 Å². The quantitative estimate of drug-likeness (QED) is 0.222. The van der Waals surface area contributed by atoms with Crippen molar-refractivity contribution in [1.29, 1.82) is 0 Å². The highest BCUT2D eigenvalue weighted by molar-refractivity contribution is 14.0. The molecule has 0 aromatic carbocycles. The van der Waals surface area contributed by atoms with Crippen molar-refractivity contribution < 1.29 is 8.42 Å². The molecule has 0 spiro atoms. The van der Waals surface area contributed by atoms with Gasteiger partial charge in [-0.05, 0) is 31.2 Å². The minimum Gasteiger partial charge on any atom is -0.357 e. The van der Waals surface area contributed by atoms with Crippen LogP contribution in [0.4, 0.5) is 0 Å². The van der Waals surface area contributed by atoms with Gasteiger partial charge in [0.1, 0.15) is 4.90 Å². The molecular weight excluding hydrogens is 467 g/mol. The van der Waals surface area contributed by atoms with Crippen LogP contribution in [0.25, 0.3) is 0 Å². The van der Waals surface area contributed by atoms with Crippen molar-refractivity contribution in [3.05, 3.63) is 54.6 Å².